The predicted octanol–water partition coefficient (Wildman–Crippen LogP) is 5.71. The van der Waals surface area contributed by atoms with Gasteiger partial charge in [0.25, 0.3) is 11.7 Å². The summed E-state index contributed by atoms with van der Waals surface area (Å²) in [6, 6.07) is 18.4. The van der Waals surface area contributed by atoms with E-state index in [0.717, 1.165) is 22.2 Å². The number of hydrogen-bond acceptors (Lipinski definition) is 3. The van der Waals surface area contributed by atoms with Gasteiger partial charge >= 0.3 is 0 Å². The van der Waals surface area contributed by atoms with E-state index in [2.05, 4.69) is 5.32 Å². The van der Waals surface area contributed by atoms with E-state index in [9.17, 15) is 9.59 Å². The number of methoxy groups -OCH3 is 1. The van der Waals surface area contributed by atoms with E-state index in [1.165, 1.54) is 0 Å². The third-order valence-electron chi connectivity index (χ3n) is 5.04. The van der Waals surface area contributed by atoms with Crippen molar-refractivity contribution in [1.82, 2.24) is 4.40 Å². The summed E-state index contributed by atoms with van der Waals surface area (Å²) in [5, 5.41) is 3.16. The highest BCUT2D eigenvalue weighted by molar-refractivity contribution is 6.47. The molecular formula is C25H21ClN2O3. The fourth-order valence-electron chi connectivity index (χ4n) is 3.75. The van der Waals surface area contributed by atoms with Crippen LogP contribution in [-0.2, 0) is 4.79 Å². The van der Waals surface area contributed by atoms with Gasteiger partial charge in [0.1, 0.15) is 11.4 Å². The molecule has 0 saturated carbocycles. The third-order valence-corrected chi connectivity index (χ3v) is 5.34. The molecule has 0 radical (unpaired) electrons. The number of ketones is 1. The Kier molecular flexibility index (Phi) is 5.53. The Labute approximate surface area is 185 Å². The van der Waals surface area contributed by atoms with E-state index in [-0.39, 0.29) is 5.69 Å². The number of aromatic nitrogens is 1. The molecule has 0 atom stereocenters. The van der Waals surface area contributed by atoms with Crippen LogP contribution in [0.4, 0.5) is 5.69 Å². The van der Waals surface area contributed by atoms with E-state index in [1.807, 2.05) is 62.4 Å². The maximum absolute atomic E-state index is 13.3. The summed E-state index contributed by atoms with van der Waals surface area (Å²) < 4.78 is 6.95. The molecule has 0 fully saturated rings. The van der Waals surface area contributed by atoms with Crippen molar-refractivity contribution >= 4 is 34.5 Å². The molecule has 0 aliphatic heterocycles. The highest BCUT2D eigenvalue weighted by atomic mass is 35.5. The van der Waals surface area contributed by atoms with Crippen molar-refractivity contribution in [3.05, 3.63) is 88.7 Å². The second kappa shape index (κ2) is 8.28. The second-order valence-corrected chi connectivity index (χ2v) is 7.82. The number of ether oxygens (including phenoxy) is 1. The minimum absolute atomic E-state index is 0.277. The number of fused-ring (bicyclic) bond motifs is 1. The second-order valence-electron chi connectivity index (χ2n) is 7.41. The number of carbonyl (C=O) groups is 2. The van der Waals surface area contributed by atoms with Gasteiger partial charge in [0.05, 0.1) is 12.1 Å². The van der Waals surface area contributed by atoms with Crippen LogP contribution in [0.2, 0.25) is 5.02 Å². The molecule has 5 nitrogen and oxygen atoms in total. The van der Waals surface area contributed by atoms with Crippen LogP contribution in [0.1, 0.15) is 21.6 Å². The molecular weight excluding hydrogens is 412 g/mol. The fraction of sp³-hybridized carbons (Fsp3) is 0.120. The van der Waals surface area contributed by atoms with Crippen LogP contribution in [0.5, 0.6) is 5.75 Å². The van der Waals surface area contributed by atoms with E-state index in [1.54, 1.807) is 29.8 Å². The van der Waals surface area contributed by atoms with E-state index in [0.29, 0.717) is 22.0 Å². The van der Waals surface area contributed by atoms with Gasteiger partial charge in [-0.25, -0.2) is 0 Å². The first-order chi connectivity index (χ1) is 14.9. The average Bonchev–Trinajstić information content (AvgIpc) is 3.11. The molecule has 0 unspecified atom stereocenters. The monoisotopic (exact) mass is 432 g/mol. The lowest BCUT2D eigenvalue weighted by atomic mass is 10.0. The topological polar surface area (TPSA) is 59.8 Å². The average molecular weight is 433 g/mol. The van der Waals surface area contributed by atoms with Gasteiger partial charge in [0.2, 0.25) is 0 Å². The van der Waals surface area contributed by atoms with Crippen molar-refractivity contribution in [2.24, 2.45) is 0 Å². The van der Waals surface area contributed by atoms with Gasteiger partial charge in [-0.1, -0.05) is 29.8 Å². The number of pyridine rings is 1. The zero-order valence-corrected chi connectivity index (χ0v) is 18.2. The quantitative estimate of drug-likeness (QED) is 0.324. The molecule has 2 heterocycles. The van der Waals surface area contributed by atoms with Crippen LogP contribution < -0.4 is 10.1 Å². The first-order valence-electron chi connectivity index (χ1n) is 9.75. The highest BCUT2D eigenvalue weighted by Crippen LogP contribution is 2.34. The molecule has 6 heteroatoms. The Hall–Kier alpha value is -3.57. The van der Waals surface area contributed by atoms with Gasteiger partial charge < -0.3 is 14.5 Å². The minimum Gasteiger partial charge on any atom is -0.495 e. The highest BCUT2D eigenvalue weighted by Gasteiger charge is 2.25. The number of Topliss-reactive ketones (excluding diaryl/α,β-unsaturated/α-hetero) is 1. The standard InChI is InChI=1S/C25H21ClN2O3/c1-15-10-16(2)12-18(11-15)27-25(30)24(29)23-20(14-19-6-4-5-9-28(19)23)17-7-8-22(31-3)21(26)13-17/h4-14H,1-3H3,(H,27,30). The van der Waals surface area contributed by atoms with Crippen LogP contribution in [0.15, 0.2) is 66.9 Å². The lowest BCUT2D eigenvalue weighted by Gasteiger charge is -2.10. The maximum Gasteiger partial charge on any atom is 0.298 e. The van der Waals surface area contributed by atoms with Gasteiger partial charge in [-0.15, -0.1) is 0 Å². The number of nitrogens with zero attached hydrogens (tertiary/aromatic N) is 1. The van der Waals surface area contributed by atoms with Crippen molar-refractivity contribution in [1.29, 1.82) is 0 Å². The summed E-state index contributed by atoms with van der Waals surface area (Å²) in [5.74, 6) is -0.795. The number of halogens is 1. The molecule has 2 aromatic carbocycles. The lowest BCUT2D eigenvalue weighted by Crippen LogP contribution is -2.24. The molecule has 0 aliphatic rings. The first kappa shape index (κ1) is 20.7. The van der Waals surface area contributed by atoms with Crippen LogP contribution in [-0.4, -0.2) is 23.2 Å². The number of benzene rings is 2. The van der Waals surface area contributed by atoms with Crippen molar-refractivity contribution in [3.8, 4) is 16.9 Å². The Balaban J connectivity index is 1.78. The summed E-state index contributed by atoms with van der Waals surface area (Å²) in [4.78, 5) is 26.2. The summed E-state index contributed by atoms with van der Waals surface area (Å²) in [7, 11) is 1.54. The van der Waals surface area contributed by atoms with Crippen LogP contribution >= 0.6 is 11.6 Å². The van der Waals surface area contributed by atoms with E-state index >= 15 is 0 Å². The number of carbonyl (C=O) groups excluding carboxylic acids is 2. The van der Waals surface area contributed by atoms with E-state index < -0.39 is 11.7 Å². The number of aryl methyl sites for hydroxylation is 2. The lowest BCUT2D eigenvalue weighted by molar-refractivity contribution is -0.112. The number of amides is 1. The fourth-order valence-corrected chi connectivity index (χ4v) is 4.01. The van der Waals surface area contributed by atoms with Gasteiger partial charge in [0.15, 0.2) is 0 Å². The Bertz CT molecular complexity index is 1300. The summed E-state index contributed by atoms with van der Waals surface area (Å²) in [6.07, 6.45) is 1.77. The van der Waals surface area contributed by atoms with Gasteiger partial charge in [-0.2, -0.15) is 0 Å². The Morgan fingerprint density at radius 2 is 1.71 bits per heavy atom. The van der Waals surface area contributed by atoms with Crippen molar-refractivity contribution < 1.29 is 14.3 Å². The number of hydrogen-bond donors (Lipinski definition) is 1. The molecule has 1 N–H and O–H groups in total. The molecule has 1 amide bonds. The molecule has 4 aromatic rings. The molecule has 31 heavy (non-hydrogen) atoms. The summed E-state index contributed by atoms with van der Waals surface area (Å²) in [6.45, 7) is 3.88. The van der Waals surface area contributed by atoms with E-state index in [4.69, 9.17) is 16.3 Å². The van der Waals surface area contributed by atoms with Crippen LogP contribution in [0, 0.1) is 13.8 Å². The van der Waals surface area contributed by atoms with Gasteiger partial charge in [-0.05, 0) is 73.0 Å². The third kappa shape index (κ3) is 4.05. The molecule has 0 aliphatic carbocycles. The molecule has 4 rings (SSSR count). The van der Waals surface area contributed by atoms with Crippen molar-refractivity contribution in [2.75, 3.05) is 12.4 Å². The van der Waals surface area contributed by atoms with Gasteiger partial charge in [0, 0.05) is 23.0 Å². The number of rotatable bonds is 5. The van der Waals surface area contributed by atoms with Crippen LogP contribution in [0.25, 0.3) is 16.6 Å². The molecule has 2 aromatic heterocycles. The van der Waals surface area contributed by atoms with Crippen molar-refractivity contribution in [3.63, 3.8) is 0 Å². The zero-order chi connectivity index (χ0) is 22.1. The Morgan fingerprint density at radius 3 is 2.39 bits per heavy atom. The smallest absolute Gasteiger partial charge is 0.298 e. The predicted molar refractivity (Wildman–Crippen MR) is 123 cm³/mol. The first-order valence-corrected chi connectivity index (χ1v) is 10.1. The Morgan fingerprint density at radius 1 is 0.968 bits per heavy atom. The number of nitrogens with one attached hydrogen (secondary N) is 1. The maximum atomic E-state index is 13.3. The number of anilines is 1. The molecule has 0 spiro atoms. The van der Waals surface area contributed by atoms with Gasteiger partial charge in [-0.3, -0.25) is 9.59 Å². The largest absolute Gasteiger partial charge is 0.495 e. The SMILES string of the molecule is COc1ccc(-c2cc3ccccn3c2C(=O)C(=O)Nc2cc(C)cc(C)c2)cc1Cl. The zero-order valence-electron chi connectivity index (χ0n) is 17.4. The molecule has 0 bridgehead atoms. The summed E-state index contributed by atoms with van der Waals surface area (Å²) >= 11 is 6.31. The minimum atomic E-state index is -0.699. The molecule has 0 saturated heterocycles. The summed E-state index contributed by atoms with van der Waals surface area (Å²) in [5.41, 5.74) is 5.01. The molecule has 156 valence electrons. The normalized spacial score (nSPS) is 10.8. The van der Waals surface area contributed by atoms with Crippen molar-refractivity contribution in [2.45, 2.75) is 13.8 Å². The van der Waals surface area contributed by atoms with Crippen LogP contribution in [0.3, 0.4) is 0 Å².